The van der Waals surface area contributed by atoms with E-state index >= 15 is 0 Å². The van der Waals surface area contributed by atoms with E-state index in [0.717, 1.165) is 0 Å². The predicted molar refractivity (Wildman–Crippen MR) is 147 cm³/mol. The maximum atomic E-state index is 13.8. The molecule has 0 aliphatic rings. The van der Waals surface area contributed by atoms with Crippen LogP contribution < -0.4 is 11.1 Å². The Kier molecular flexibility index (Phi) is 3.95. The third-order valence-electron chi connectivity index (χ3n) is 7.27. The first-order valence-electron chi connectivity index (χ1n) is 11.5. The molecule has 10 heteroatoms. The SMILES string of the molecule is O=C(Cl)c1ccc2nc3c4ccc5c(=O)n6c7cc(C(=O)Cl)ccc7nc6c6ccc(c(=O)n3c2c1)c4c56. The summed E-state index contributed by atoms with van der Waals surface area (Å²) in [6, 6.07) is 16.5. The molecule has 0 spiro atoms. The van der Waals surface area contributed by atoms with E-state index in [1.54, 1.807) is 60.7 Å². The minimum absolute atomic E-state index is 0.259. The third kappa shape index (κ3) is 2.50. The highest BCUT2D eigenvalue weighted by Gasteiger charge is 2.23. The Bertz CT molecular complexity index is 2340. The van der Waals surface area contributed by atoms with Gasteiger partial charge in [0.1, 0.15) is 11.3 Å². The van der Waals surface area contributed by atoms with Gasteiger partial charge in [-0.15, -0.1) is 0 Å². The zero-order valence-corrected chi connectivity index (χ0v) is 20.5. The van der Waals surface area contributed by atoms with Crippen LogP contribution in [0.3, 0.4) is 0 Å². The van der Waals surface area contributed by atoms with Gasteiger partial charge in [0.15, 0.2) is 0 Å². The van der Waals surface area contributed by atoms with Crippen LogP contribution >= 0.6 is 23.2 Å². The molecule has 0 bridgehead atoms. The largest absolute Gasteiger partial charge is 0.276 e. The summed E-state index contributed by atoms with van der Waals surface area (Å²) in [4.78, 5) is 60.5. The van der Waals surface area contributed by atoms with Gasteiger partial charge < -0.3 is 0 Å². The molecule has 0 amide bonds. The highest BCUT2D eigenvalue weighted by molar-refractivity contribution is 6.68. The molecule has 38 heavy (non-hydrogen) atoms. The maximum Gasteiger partial charge on any atom is 0.264 e. The number of carbonyl (C=O) groups excluding carboxylic acids is 2. The van der Waals surface area contributed by atoms with Crippen LogP contribution in [0.5, 0.6) is 0 Å². The van der Waals surface area contributed by atoms with Gasteiger partial charge in [0.05, 0.1) is 22.1 Å². The average Bonchev–Trinajstić information content (AvgIpc) is 3.49. The van der Waals surface area contributed by atoms with Gasteiger partial charge in [-0.3, -0.25) is 28.0 Å². The standard InChI is InChI=1S/C28H10Cl2N4O4/c29-23(35)11-1-7-17-19(9-11)33-25(31-17)13-3-5-16-22-14(4-6-15(21(13)22)27(33)37)26-32-18-8-2-12(24(30)36)10-20(18)34(26)28(16)38/h1-10H. The lowest BCUT2D eigenvalue weighted by atomic mass is 9.96. The Hall–Kier alpha value is -4.66. The second kappa shape index (κ2) is 7.00. The van der Waals surface area contributed by atoms with E-state index in [4.69, 9.17) is 33.2 Å². The molecule has 0 unspecified atom stereocenters. The number of halogens is 2. The number of rotatable bonds is 2. The number of pyridine rings is 2. The van der Waals surface area contributed by atoms with Crippen LogP contribution in [-0.4, -0.2) is 29.3 Å². The highest BCUT2D eigenvalue weighted by Crippen LogP contribution is 2.36. The summed E-state index contributed by atoms with van der Waals surface area (Å²) < 4.78 is 2.95. The van der Waals surface area contributed by atoms with Crippen LogP contribution in [0.4, 0.5) is 0 Å². The van der Waals surface area contributed by atoms with E-state index in [0.29, 0.717) is 65.7 Å². The third-order valence-corrected chi connectivity index (χ3v) is 7.71. The molecule has 8 aromatic rings. The Morgan fingerprint density at radius 2 is 0.974 bits per heavy atom. The number of fused-ring (bicyclic) bond motifs is 8. The van der Waals surface area contributed by atoms with Crippen molar-refractivity contribution >= 4 is 99.4 Å². The number of benzene rings is 4. The summed E-state index contributed by atoms with van der Waals surface area (Å²) in [5.41, 5.74) is 2.71. The predicted octanol–water partition coefficient (Wildman–Crippen LogP) is 5.10. The van der Waals surface area contributed by atoms with Crippen LogP contribution in [0.2, 0.25) is 0 Å². The van der Waals surface area contributed by atoms with E-state index in [2.05, 4.69) is 0 Å². The molecule has 8 rings (SSSR count). The van der Waals surface area contributed by atoms with Gasteiger partial charge in [0.25, 0.3) is 21.6 Å². The molecule has 4 aromatic carbocycles. The van der Waals surface area contributed by atoms with E-state index < -0.39 is 10.5 Å². The van der Waals surface area contributed by atoms with Gasteiger partial charge in [0, 0.05) is 43.4 Å². The molecule has 0 atom stereocenters. The highest BCUT2D eigenvalue weighted by atomic mass is 35.5. The van der Waals surface area contributed by atoms with Crippen molar-refractivity contribution in [3.05, 3.63) is 92.5 Å². The lowest BCUT2D eigenvalue weighted by Gasteiger charge is -2.12. The van der Waals surface area contributed by atoms with Crippen LogP contribution in [0.25, 0.3) is 65.7 Å². The second-order valence-corrected chi connectivity index (χ2v) is 9.86. The smallest absolute Gasteiger partial charge is 0.264 e. The summed E-state index contributed by atoms with van der Waals surface area (Å²) in [5.74, 6) is 0. The average molecular weight is 537 g/mol. The molecule has 180 valence electrons. The normalized spacial score (nSPS) is 12.4. The Morgan fingerprint density at radius 1 is 0.579 bits per heavy atom. The Morgan fingerprint density at radius 3 is 1.37 bits per heavy atom. The van der Waals surface area contributed by atoms with Crippen molar-refractivity contribution in [1.29, 1.82) is 0 Å². The number of hydrogen-bond donors (Lipinski definition) is 0. The Labute approximate surface area is 219 Å². The number of carbonyl (C=O) groups is 2. The number of imidazole rings is 2. The summed E-state index contributed by atoms with van der Waals surface area (Å²) in [7, 11) is 0. The van der Waals surface area contributed by atoms with Crippen LogP contribution in [-0.2, 0) is 0 Å². The molecule has 0 aliphatic carbocycles. The van der Waals surface area contributed by atoms with Crippen molar-refractivity contribution in [2.45, 2.75) is 0 Å². The Balaban J connectivity index is 1.60. The van der Waals surface area contributed by atoms with E-state index in [1.165, 1.54) is 8.80 Å². The monoisotopic (exact) mass is 536 g/mol. The number of nitrogens with zero attached hydrogens (tertiary/aromatic N) is 4. The zero-order valence-electron chi connectivity index (χ0n) is 19.0. The van der Waals surface area contributed by atoms with Crippen molar-refractivity contribution in [3.63, 3.8) is 0 Å². The van der Waals surface area contributed by atoms with E-state index in [-0.39, 0.29) is 22.2 Å². The summed E-state index contributed by atoms with van der Waals surface area (Å²) in [5, 5.41) is 2.14. The first-order valence-corrected chi connectivity index (χ1v) is 12.2. The van der Waals surface area contributed by atoms with Crippen LogP contribution in [0.1, 0.15) is 20.7 Å². The molecule has 4 aromatic heterocycles. The zero-order chi connectivity index (χ0) is 26.0. The van der Waals surface area contributed by atoms with Crippen LogP contribution in [0.15, 0.2) is 70.3 Å². The first-order chi connectivity index (χ1) is 18.3. The fourth-order valence-electron chi connectivity index (χ4n) is 5.63. The van der Waals surface area contributed by atoms with Gasteiger partial charge >= 0.3 is 0 Å². The van der Waals surface area contributed by atoms with Crippen molar-refractivity contribution in [2.24, 2.45) is 0 Å². The van der Waals surface area contributed by atoms with Gasteiger partial charge in [0.2, 0.25) is 0 Å². The van der Waals surface area contributed by atoms with Crippen LogP contribution in [0, 0.1) is 0 Å². The molecule has 4 heterocycles. The van der Waals surface area contributed by atoms with Gasteiger partial charge in [-0.1, -0.05) is 0 Å². The first kappa shape index (κ1) is 21.4. The molecular formula is C28H10Cl2N4O4. The van der Waals surface area contributed by atoms with Gasteiger partial charge in [-0.25, -0.2) is 9.97 Å². The van der Waals surface area contributed by atoms with Gasteiger partial charge in [-0.2, -0.15) is 0 Å². The minimum Gasteiger partial charge on any atom is -0.276 e. The lowest BCUT2D eigenvalue weighted by Crippen LogP contribution is -2.16. The molecule has 8 nitrogen and oxygen atoms in total. The molecular weight excluding hydrogens is 527 g/mol. The summed E-state index contributed by atoms with van der Waals surface area (Å²) in [6.45, 7) is 0. The van der Waals surface area contributed by atoms with Crippen molar-refractivity contribution in [3.8, 4) is 0 Å². The molecule has 0 saturated heterocycles. The van der Waals surface area contributed by atoms with Gasteiger partial charge in [-0.05, 0) is 83.9 Å². The second-order valence-electron chi connectivity index (χ2n) is 9.18. The molecule has 0 fully saturated rings. The molecule has 0 radical (unpaired) electrons. The van der Waals surface area contributed by atoms with Crippen molar-refractivity contribution in [1.82, 2.24) is 18.8 Å². The number of hydrogen-bond acceptors (Lipinski definition) is 6. The van der Waals surface area contributed by atoms with Crippen molar-refractivity contribution in [2.75, 3.05) is 0 Å². The quantitative estimate of drug-likeness (QED) is 0.225. The number of aromatic nitrogens is 4. The summed E-state index contributed by atoms with van der Waals surface area (Å²) >= 11 is 11.4. The lowest BCUT2D eigenvalue weighted by molar-refractivity contribution is 0.107. The molecule has 0 N–H and O–H groups in total. The van der Waals surface area contributed by atoms with Crippen molar-refractivity contribution < 1.29 is 9.59 Å². The fourth-order valence-corrected chi connectivity index (χ4v) is 5.87. The maximum absolute atomic E-state index is 13.8. The van der Waals surface area contributed by atoms with E-state index in [9.17, 15) is 19.2 Å². The molecule has 0 aliphatic heterocycles. The molecule has 0 saturated carbocycles. The summed E-state index contributed by atoms with van der Waals surface area (Å²) in [6.07, 6.45) is 0. The topological polar surface area (TPSA) is 103 Å². The fraction of sp³-hybridized carbons (Fsp3) is 0. The minimum atomic E-state index is -0.631. The van der Waals surface area contributed by atoms with E-state index in [1.807, 2.05) is 0 Å².